The van der Waals surface area contributed by atoms with Crippen LogP contribution in [0.5, 0.6) is 5.75 Å². The molecule has 0 amide bonds. The third kappa shape index (κ3) is 4.42. The molecule has 1 atom stereocenters. The number of nitrogens with one attached hydrogen (secondary N) is 1. The summed E-state index contributed by atoms with van der Waals surface area (Å²) in [5.74, 6) is 0.924. The van der Waals surface area contributed by atoms with Gasteiger partial charge in [-0.2, -0.15) is 0 Å². The summed E-state index contributed by atoms with van der Waals surface area (Å²) < 4.78 is 5.85. The molecule has 1 N–H and O–H groups in total. The lowest BCUT2D eigenvalue weighted by Crippen LogP contribution is -2.22. The van der Waals surface area contributed by atoms with Gasteiger partial charge in [-0.15, -0.1) is 0 Å². The SMILES string of the molecule is CCNCCC(C)Oc1ccc(Cl)cc1C. The van der Waals surface area contributed by atoms with Crippen molar-refractivity contribution in [3.05, 3.63) is 28.8 Å². The van der Waals surface area contributed by atoms with Crippen LogP contribution < -0.4 is 10.1 Å². The highest BCUT2D eigenvalue weighted by atomic mass is 35.5. The molecular weight excluding hydrogens is 222 g/mol. The highest BCUT2D eigenvalue weighted by Gasteiger charge is 2.06. The molecule has 3 heteroatoms. The molecule has 0 bridgehead atoms. The number of aryl methyl sites for hydroxylation is 1. The zero-order valence-electron chi connectivity index (χ0n) is 10.2. The van der Waals surface area contributed by atoms with Crippen LogP contribution >= 0.6 is 11.6 Å². The molecule has 0 aliphatic carbocycles. The topological polar surface area (TPSA) is 21.3 Å². The Morgan fingerprint density at radius 2 is 2.19 bits per heavy atom. The summed E-state index contributed by atoms with van der Waals surface area (Å²) in [4.78, 5) is 0. The molecule has 1 aromatic carbocycles. The number of ether oxygens (including phenoxy) is 1. The van der Waals surface area contributed by atoms with Crippen LogP contribution in [-0.4, -0.2) is 19.2 Å². The van der Waals surface area contributed by atoms with Crippen molar-refractivity contribution in [2.45, 2.75) is 33.3 Å². The maximum Gasteiger partial charge on any atom is 0.122 e. The lowest BCUT2D eigenvalue weighted by Gasteiger charge is -2.16. The van der Waals surface area contributed by atoms with Crippen molar-refractivity contribution in [1.82, 2.24) is 5.32 Å². The monoisotopic (exact) mass is 241 g/mol. The third-order valence-electron chi connectivity index (χ3n) is 2.44. The van der Waals surface area contributed by atoms with Crippen molar-refractivity contribution in [1.29, 1.82) is 0 Å². The molecule has 2 nitrogen and oxygen atoms in total. The van der Waals surface area contributed by atoms with E-state index in [-0.39, 0.29) is 6.10 Å². The fraction of sp³-hybridized carbons (Fsp3) is 0.538. The van der Waals surface area contributed by atoms with Gasteiger partial charge in [0.25, 0.3) is 0 Å². The highest BCUT2D eigenvalue weighted by molar-refractivity contribution is 6.30. The van der Waals surface area contributed by atoms with Crippen molar-refractivity contribution in [3.8, 4) is 5.75 Å². The van der Waals surface area contributed by atoms with Gasteiger partial charge in [-0.3, -0.25) is 0 Å². The smallest absolute Gasteiger partial charge is 0.122 e. The van der Waals surface area contributed by atoms with Crippen LogP contribution in [0.25, 0.3) is 0 Å². The first kappa shape index (κ1) is 13.3. The quantitative estimate of drug-likeness (QED) is 0.771. The molecule has 0 saturated carbocycles. The maximum atomic E-state index is 5.89. The molecule has 1 unspecified atom stereocenters. The number of hydrogen-bond acceptors (Lipinski definition) is 2. The normalized spacial score (nSPS) is 12.5. The Morgan fingerprint density at radius 3 is 2.81 bits per heavy atom. The molecule has 0 aromatic heterocycles. The molecular formula is C13H20ClNO. The van der Waals surface area contributed by atoms with E-state index in [0.717, 1.165) is 35.8 Å². The minimum Gasteiger partial charge on any atom is -0.490 e. The standard InChI is InChI=1S/C13H20ClNO/c1-4-15-8-7-11(3)16-13-6-5-12(14)9-10(13)2/h5-6,9,11,15H,4,7-8H2,1-3H3. The molecule has 0 spiro atoms. The molecule has 90 valence electrons. The van der Waals surface area contributed by atoms with Crippen molar-refractivity contribution in [2.75, 3.05) is 13.1 Å². The summed E-state index contributed by atoms with van der Waals surface area (Å²) in [5.41, 5.74) is 1.09. The summed E-state index contributed by atoms with van der Waals surface area (Å²) in [6, 6.07) is 5.72. The summed E-state index contributed by atoms with van der Waals surface area (Å²) in [6.07, 6.45) is 1.23. The molecule has 1 rings (SSSR count). The Kier molecular flexibility index (Phi) is 5.64. The Hall–Kier alpha value is -0.730. The fourth-order valence-electron chi connectivity index (χ4n) is 1.50. The Morgan fingerprint density at radius 1 is 1.44 bits per heavy atom. The molecule has 1 aromatic rings. The van der Waals surface area contributed by atoms with Gasteiger partial charge in [0.2, 0.25) is 0 Å². The van der Waals surface area contributed by atoms with E-state index in [1.54, 1.807) is 0 Å². The lowest BCUT2D eigenvalue weighted by atomic mass is 10.2. The first-order chi connectivity index (χ1) is 7.63. The summed E-state index contributed by atoms with van der Waals surface area (Å²) in [5, 5.41) is 4.04. The fourth-order valence-corrected chi connectivity index (χ4v) is 1.73. The number of hydrogen-bond donors (Lipinski definition) is 1. The van der Waals surface area contributed by atoms with Gasteiger partial charge in [-0.25, -0.2) is 0 Å². The summed E-state index contributed by atoms with van der Waals surface area (Å²) >= 11 is 5.89. The third-order valence-corrected chi connectivity index (χ3v) is 2.68. The van der Waals surface area contributed by atoms with Gasteiger partial charge >= 0.3 is 0 Å². The van der Waals surface area contributed by atoms with Gasteiger partial charge in [0, 0.05) is 5.02 Å². The molecule has 0 radical (unpaired) electrons. The van der Waals surface area contributed by atoms with Crippen LogP contribution in [0.4, 0.5) is 0 Å². The first-order valence-corrected chi connectivity index (χ1v) is 6.14. The zero-order valence-corrected chi connectivity index (χ0v) is 11.0. The predicted octanol–water partition coefficient (Wildman–Crippen LogP) is 3.42. The van der Waals surface area contributed by atoms with Crippen LogP contribution in [0.3, 0.4) is 0 Å². The molecule has 0 aliphatic heterocycles. The van der Waals surface area contributed by atoms with Gasteiger partial charge in [-0.05, 0) is 57.1 Å². The molecule has 0 aliphatic rings. The van der Waals surface area contributed by atoms with E-state index in [9.17, 15) is 0 Å². The van der Waals surface area contributed by atoms with Crippen molar-refractivity contribution in [3.63, 3.8) is 0 Å². The van der Waals surface area contributed by atoms with Gasteiger partial charge in [-0.1, -0.05) is 18.5 Å². The molecule has 16 heavy (non-hydrogen) atoms. The van der Waals surface area contributed by atoms with E-state index < -0.39 is 0 Å². The second-order valence-corrected chi connectivity index (χ2v) is 4.42. The Labute approximate surface area is 103 Å². The second-order valence-electron chi connectivity index (χ2n) is 3.98. The second kappa shape index (κ2) is 6.77. The number of halogens is 1. The lowest BCUT2D eigenvalue weighted by molar-refractivity contribution is 0.209. The molecule has 0 saturated heterocycles. The van der Waals surface area contributed by atoms with Crippen LogP contribution in [0.2, 0.25) is 5.02 Å². The average Bonchev–Trinajstić information content (AvgIpc) is 2.23. The van der Waals surface area contributed by atoms with Gasteiger partial charge in [0.1, 0.15) is 5.75 Å². The maximum absolute atomic E-state index is 5.89. The van der Waals surface area contributed by atoms with E-state index in [4.69, 9.17) is 16.3 Å². The minimum atomic E-state index is 0.221. The van der Waals surface area contributed by atoms with Gasteiger partial charge in [0.05, 0.1) is 6.10 Å². The van der Waals surface area contributed by atoms with Crippen LogP contribution in [0.1, 0.15) is 25.8 Å². The van der Waals surface area contributed by atoms with Crippen LogP contribution in [0, 0.1) is 6.92 Å². The van der Waals surface area contributed by atoms with E-state index in [0.29, 0.717) is 0 Å². The van der Waals surface area contributed by atoms with E-state index in [1.807, 2.05) is 25.1 Å². The number of benzene rings is 1. The van der Waals surface area contributed by atoms with Crippen molar-refractivity contribution >= 4 is 11.6 Å². The Bertz CT molecular complexity index is 328. The van der Waals surface area contributed by atoms with E-state index >= 15 is 0 Å². The van der Waals surface area contributed by atoms with Crippen LogP contribution in [0.15, 0.2) is 18.2 Å². The van der Waals surface area contributed by atoms with Crippen molar-refractivity contribution < 1.29 is 4.74 Å². The summed E-state index contributed by atoms with van der Waals surface area (Å²) in [6.45, 7) is 8.20. The van der Waals surface area contributed by atoms with Gasteiger partial charge in [0.15, 0.2) is 0 Å². The van der Waals surface area contributed by atoms with Crippen molar-refractivity contribution in [2.24, 2.45) is 0 Å². The first-order valence-electron chi connectivity index (χ1n) is 5.77. The highest BCUT2D eigenvalue weighted by Crippen LogP contribution is 2.23. The minimum absolute atomic E-state index is 0.221. The zero-order chi connectivity index (χ0) is 12.0. The Balaban J connectivity index is 2.46. The van der Waals surface area contributed by atoms with E-state index in [2.05, 4.69) is 19.2 Å². The average molecular weight is 242 g/mol. The van der Waals surface area contributed by atoms with Gasteiger partial charge < -0.3 is 10.1 Å². The number of rotatable bonds is 6. The summed E-state index contributed by atoms with van der Waals surface area (Å²) in [7, 11) is 0. The van der Waals surface area contributed by atoms with E-state index in [1.165, 1.54) is 0 Å². The van der Waals surface area contributed by atoms with Crippen LogP contribution in [-0.2, 0) is 0 Å². The molecule has 0 fully saturated rings. The predicted molar refractivity (Wildman–Crippen MR) is 69.4 cm³/mol. The molecule has 0 heterocycles. The largest absolute Gasteiger partial charge is 0.490 e.